The van der Waals surface area contributed by atoms with E-state index in [2.05, 4.69) is 0 Å². The average Bonchev–Trinajstić information content (AvgIpc) is 2.83. The first-order chi connectivity index (χ1) is 14.2. The minimum Gasteiger partial charge on any atom is -0.492 e. The Morgan fingerprint density at radius 2 is 1.77 bits per heavy atom. The minimum atomic E-state index is -1.53. The summed E-state index contributed by atoms with van der Waals surface area (Å²) < 4.78 is 5.48. The number of ether oxygens (including phenoxy) is 1. The fourth-order valence-corrected chi connectivity index (χ4v) is 3.26. The highest BCUT2D eigenvalue weighted by molar-refractivity contribution is 6.11. The monoisotopic (exact) mass is 411 g/mol. The number of carbonyl (C=O) groups is 3. The third kappa shape index (κ3) is 3.86. The lowest BCUT2D eigenvalue weighted by molar-refractivity contribution is -0.148. The summed E-state index contributed by atoms with van der Waals surface area (Å²) in [5, 5.41) is 9.58. The zero-order chi connectivity index (χ0) is 22.1. The molecule has 0 aromatic heterocycles. The number of carboxylic acid groups (broad SMARTS) is 1. The van der Waals surface area contributed by atoms with E-state index < -0.39 is 17.4 Å². The van der Waals surface area contributed by atoms with Crippen LogP contribution in [0.4, 0.5) is 5.69 Å². The molecular weight excluding hydrogens is 386 g/mol. The van der Waals surface area contributed by atoms with E-state index in [9.17, 15) is 19.5 Å². The highest BCUT2D eigenvalue weighted by Gasteiger charge is 2.42. The van der Waals surface area contributed by atoms with Crippen LogP contribution in [-0.2, 0) is 9.59 Å². The van der Waals surface area contributed by atoms with Gasteiger partial charge in [0.25, 0.3) is 5.91 Å². The highest BCUT2D eigenvalue weighted by Crippen LogP contribution is 2.33. The number of carboxylic acids is 1. The average molecular weight is 411 g/mol. The van der Waals surface area contributed by atoms with E-state index in [1.54, 1.807) is 19.2 Å². The quantitative estimate of drug-likeness (QED) is 0.751. The maximum absolute atomic E-state index is 13.3. The van der Waals surface area contributed by atoms with Gasteiger partial charge in [0.1, 0.15) is 24.4 Å². The van der Waals surface area contributed by atoms with Crippen molar-refractivity contribution < 1.29 is 24.2 Å². The lowest BCUT2D eigenvalue weighted by Crippen LogP contribution is -2.54. The fourth-order valence-electron chi connectivity index (χ4n) is 3.26. The molecule has 2 aromatic carbocycles. The molecule has 3 N–H and O–H groups in total. The smallest absolute Gasteiger partial charge is 0.329 e. The number of amides is 2. The summed E-state index contributed by atoms with van der Waals surface area (Å²) >= 11 is 0. The number of likely N-dealkylation sites (N-methyl/N-ethyl adjacent to an activating group) is 1. The van der Waals surface area contributed by atoms with E-state index in [1.807, 2.05) is 30.3 Å². The number of hydrogen-bond donors (Lipinski definition) is 2. The summed E-state index contributed by atoms with van der Waals surface area (Å²) in [6.07, 6.45) is 0. The van der Waals surface area contributed by atoms with E-state index in [-0.39, 0.29) is 18.0 Å². The first kappa shape index (κ1) is 21.3. The lowest BCUT2D eigenvalue weighted by Gasteiger charge is -2.33. The van der Waals surface area contributed by atoms with E-state index in [0.717, 1.165) is 16.0 Å². The first-order valence-electron chi connectivity index (χ1n) is 9.56. The second-order valence-corrected chi connectivity index (χ2v) is 7.60. The van der Waals surface area contributed by atoms with Gasteiger partial charge in [-0.05, 0) is 49.2 Å². The van der Waals surface area contributed by atoms with Crippen LogP contribution < -0.4 is 15.4 Å². The van der Waals surface area contributed by atoms with Crippen LogP contribution in [0.2, 0.25) is 0 Å². The number of carbonyl (C=O) groups excluding carboxylic acids is 2. The summed E-state index contributed by atoms with van der Waals surface area (Å²) in [5.74, 6) is -1.35. The van der Waals surface area contributed by atoms with Gasteiger partial charge < -0.3 is 25.4 Å². The predicted octanol–water partition coefficient (Wildman–Crippen LogP) is 1.97. The molecule has 0 aliphatic carbocycles. The van der Waals surface area contributed by atoms with Crippen molar-refractivity contribution in [3.63, 3.8) is 0 Å². The van der Waals surface area contributed by atoms with Crippen molar-refractivity contribution in [2.75, 3.05) is 31.6 Å². The van der Waals surface area contributed by atoms with Crippen LogP contribution in [0.5, 0.6) is 5.75 Å². The van der Waals surface area contributed by atoms with Crippen molar-refractivity contribution in [3.05, 3.63) is 48.0 Å². The van der Waals surface area contributed by atoms with Crippen LogP contribution in [-0.4, -0.2) is 60.1 Å². The molecule has 1 aliphatic heterocycles. The normalized spacial score (nSPS) is 14.4. The van der Waals surface area contributed by atoms with Crippen molar-refractivity contribution in [3.8, 4) is 16.9 Å². The molecule has 0 bridgehead atoms. The number of benzene rings is 2. The SMILES string of the molecule is CN1C(=O)CN(C(C)(C)C(=O)O)C(=O)c2cc(-c3ccc(OCCN)cc3)ccc21. The Hall–Kier alpha value is -3.39. The van der Waals surface area contributed by atoms with Crippen LogP contribution in [0, 0.1) is 0 Å². The molecule has 2 amide bonds. The number of aliphatic carboxylic acids is 1. The third-order valence-electron chi connectivity index (χ3n) is 5.27. The van der Waals surface area contributed by atoms with E-state index in [4.69, 9.17) is 10.5 Å². The van der Waals surface area contributed by atoms with Gasteiger partial charge in [-0.15, -0.1) is 0 Å². The molecule has 0 atom stereocenters. The molecule has 3 rings (SSSR count). The zero-order valence-electron chi connectivity index (χ0n) is 17.2. The largest absolute Gasteiger partial charge is 0.492 e. The summed E-state index contributed by atoms with van der Waals surface area (Å²) in [7, 11) is 1.58. The Labute approximate surface area is 174 Å². The van der Waals surface area contributed by atoms with Gasteiger partial charge >= 0.3 is 5.97 Å². The van der Waals surface area contributed by atoms with Gasteiger partial charge in [-0.3, -0.25) is 9.59 Å². The molecule has 0 saturated heterocycles. The Morgan fingerprint density at radius 3 is 2.37 bits per heavy atom. The summed E-state index contributed by atoms with van der Waals surface area (Å²) in [6, 6.07) is 12.6. The van der Waals surface area contributed by atoms with E-state index >= 15 is 0 Å². The standard InChI is InChI=1S/C22H25N3O5/c1-22(2,21(28)29)25-13-19(26)24(3)18-9-6-15(12-17(18)20(25)27)14-4-7-16(8-5-14)30-11-10-23/h4-9,12H,10-11,13,23H2,1-3H3,(H,28,29). The Balaban J connectivity index is 2.03. The number of nitrogens with zero attached hydrogens (tertiary/aromatic N) is 2. The van der Waals surface area contributed by atoms with Crippen LogP contribution in [0.3, 0.4) is 0 Å². The van der Waals surface area contributed by atoms with Gasteiger partial charge in [0, 0.05) is 13.6 Å². The van der Waals surface area contributed by atoms with Crippen LogP contribution in [0.25, 0.3) is 11.1 Å². The van der Waals surface area contributed by atoms with E-state index in [1.165, 1.54) is 18.7 Å². The second-order valence-electron chi connectivity index (χ2n) is 7.60. The topological polar surface area (TPSA) is 113 Å². The van der Waals surface area contributed by atoms with Crippen molar-refractivity contribution in [1.29, 1.82) is 0 Å². The summed E-state index contributed by atoms with van der Waals surface area (Å²) in [4.78, 5) is 40.1. The van der Waals surface area contributed by atoms with Crippen molar-refractivity contribution in [2.45, 2.75) is 19.4 Å². The van der Waals surface area contributed by atoms with Crippen molar-refractivity contribution >= 4 is 23.5 Å². The fraction of sp³-hybridized carbons (Fsp3) is 0.318. The predicted molar refractivity (Wildman–Crippen MR) is 113 cm³/mol. The number of fused-ring (bicyclic) bond motifs is 1. The van der Waals surface area contributed by atoms with Gasteiger partial charge in [-0.25, -0.2) is 4.79 Å². The molecule has 0 saturated carbocycles. The molecule has 158 valence electrons. The minimum absolute atomic E-state index is 0.277. The molecule has 0 unspecified atom stereocenters. The Kier molecular flexibility index (Phi) is 5.80. The molecule has 0 fully saturated rings. The van der Waals surface area contributed by atoms with Crippen LogP contribution >= 0.6 is 0 Å². The number of anilines is 1. The maximum atomic E-state index is 13.3. The Morgan fingerprint density at radius 1 is 1.13 bits per heavy atom. The third-order valence-corrected chi connectivity index (χ3v) is 5.27. The van der Waals surface area contributed by atoms with Gasteiger partial charge in [0.05, 0.1) is 11.3 Å². The number of hydrogen-bond acceptors (Lipinski definition) is 5. The molecular formula is C22H25N3O5. The van der Waals surface area contributed by atoms with Gasteiger partial charge in [0.2, 0.25) is 5.91 Å². The lowest BCUT2D eigenvalue weighted by atomic mass is 9.98. The Bertz CT molecular complexity index is 985. The van der Waals surface area contributed by atoms with Gasteiger partial charge in [0.15, 0.2) is 0 Å². The zero-order valence-corrected chi connectivity index (χ0v) is 17.2. The molecule has 0 spiro atoms. The van der Waals surface area contributed by atoms with Gasteiger partial charge in [-0.2, -0.15) is 0 Å². The molecule has 8 nitrogen and oxygen atoms in total. The highest BCUT2D eigenvalue weighted by atomic mass is 16.5. The summed E-state index contributed by atoms with van der Waals surface area (Å²) in [6.45, 7) is 3.35. The molecule has 0 radical (unpaired) electrons. The van der Waals surface area contributed by atoms with Crippen LogP contribution in [0.15, 0.2) is 42.5 Å². The molecule has 30 heavy (non-hydrogen) atoms. The van der Waals surface area contributed by atoms with E-state index in [0.29, 0.717) is 24.6 Å². The van der Waals surface area contributed by atoms with Crippen LogP contribution in [0.1, 0.15) is 24.2 Å². The molecule has 1 heterocycles. The maximum Gasteiger partial charge on any atom is 0.329 e. The number of rotatable bonds is 6. The molecule has 1 aliphatic rings. The van der Waals surface area contributed by atoms with Crippen molar-refractivity contribution in [2.24, 2.45) is 5.73 Å². The van der Waals surface area contributed by atoms with Crippen molar-refractivity contribution in [1.82, 2.24) is 4.90 Å². The second kappa shape index (κ2) is 8.16. The number of nitrogens with two attached hydrogens (primary N) is 1. The summed E-state index contributed by atoms with van der Waals surface area (Å²) in [5.41, 5.74) is 6.25. The van der Waals surface area contributed by atoms with Gasteiger partial charge in [-0.1, -0.05) is 18.2 Å². The molecule has 8 heteroatoms. The first-order valence-corrected chi connectivity index (χ1v) is 9.56. The molecule has 2 aromatic rings.